The van der Waals surface area contributed by atoms with Gasteiger partial charge >= 0.3 is 0 Å². The molecular formula is C15H20O5. The number of hydrogen-bond acceptors (Lipinski definition) is 5. The maximum atomic E-state index is 9.84. The van der Waals surface area contributed by atoms with Crippen molar-refractivity contribution in [3.05, 3.63) is 35.9 Å². The van der Waals surface area contributed by atoms with Crippen LogP contribution in [-0.2, 0) is 25.6 Å². The molecule has 0 unspecified atom stereocenters. The van der Waals surface area contributed by atoms with Crippen LogP contribution < -0.4 is 0 Å². The van der Waals surface area contributed by atoms with E-state index in [4.69, 9.17) is 18.9 Å². The van der Waals surface area contributed by atoms with Crippen molar-refractivity contribution < 1.29 is 24.1 Å². The van der Waals surface area contributed by atoms with Crippen LogP contribution in [0.25, 0.3) is 0 Å². The van der Waals surface area contributed by atoms with E-state index in [2.05, 4.69) is 0 Å². The Balaban J connectivity index is 1.53. The number of aliphatic hydroxyl groups is 1. The monoisotopic (exact) mass is 280 g/mol. The lowest BCUT2D eigenvalue weighted by atomic mass is 10.1. The van der Waals surface area contributed by atoms with E-state index in [0.29, 0.717) is 13.2 Å². The van der Waals surface area contributed by atoms with Gasteiger partial charge < -0.3 is 24.1 Å². The lowest BCUT2D eigenvalue weighted by Crippen LogP contribution is -2.32. The highest BCUT2D eigenvalue weighted by Gasteiger charge is 2.54. The van der Waals surface area contributed by atoms with E-state index in [1.165, 1.54) is 0 Å². The second-order valence-electron chi connectivity index (χ2n) is 5.63. The van der Waals surface area contributed by atoms with Crippen LogP contribution in [0.4, 0.5) is 0 Å². The third-order valence-electron chi connectivity index (χ3n) is 3.52. The smallest absolute Gasteiger partial charge is 0.184 e. The van der Waals surface area contributed by atoms with Crippen molar-refractivity contribution in [3.63, 3.8) is 0 Å². The van der Waals surface area contributed by atoms with Crippen LogP contribution in [0.5, 0.6) is 0 Å². The van der Waals surface area contributed by atoms with Gasteiger partial charge in [-0.1, -0.05) is 30.3 Å². The molecule has 1 N–H and O–H groups in total. The first kappa shape index (κ1) is 14.0. The Morgan fingerprint density at radius 2 is 1.85 bits per heavy atom. The van der Waals surface area contributed by atoms with Gasteiger partial charge in [0.2, 0.25) is 0 Å². The standard InChI is InChI=1S/C15H20O5/c1-15(2)19-12-11(18-14(16)13(12)20-15)9-17-8-10-6-4-3-5-7-10/h3-7,11-14,16H,8-9H2,1-2H3/t11-,12-,13-,14-/m1/s1. The van der Waals surface area contributed by atoms with Crippen molar-refractivity contribution in [2.24, 2.45) is 0 Å². The number of ether oxygens (including phenoxy) is 4. The van der Waals surface area contributed by atoms with Crippen molar-refractivity contribution in [2.45, 2.75) is 50.8 Å². The minimum absolute atomic E-state index is 0.282. The average molecular weight is 280 g/mol. The van der Waals surface area contributed by atoms with Gasteiger partial charge in [0.1, 0.15) is 18.3 Å². The first-order valence-electron chi connectivity index (χ1n) is 6.86. The van der Waals surface area contributed by atoms with Crippen molar-refractivity contribution in [2.75, 3.05) is 6.61 Å². The number of rotatable bonds is 4. The van der Waals surface area contributed by atoms with Gasteiger partial charge in [-0.2, -0.15) is 0 Å². The van der Waals surface area contributed by atoms with E-state index >= 15 is 0 Å². The van der Waals surface area contributed by atoms with Crippen molar-refractivity contribution >= 4 is 0 Å². The molecule has 2 saturated heterocycles. The summed E-state index contributed by atoms with van der Waals surface area (Å²) in [6.45, 7) is 4.55. The third-order valence-corrected chi connectivity index (χ3v) is 3.52. The van der Waals surface area contributed by atoms with Gasteiger partial charge in [-0.15, -0.1) is 0 Å². The van der Waals surface area contributed by atoms with Gasteiger partial charge in [-0.3, -0.25) is 0 Å². The van der Waals surface area contributed by atoms with Gasteiger partial charge in [-0.05, 0) is 19.4 Å². The molecule has 1 aromatic carbocycles. The molecule has 2 aliphatic rings. The molecule has 0 aliphatic carbocycles. The van der Waals surface area contributed by atoms with Gasteiger partial charge in [0.05, 0.1) is 13.2 Å². The Labute approximate surface area is 118 Å². The minimum atomic E-state index is -0.952. The molecule has 5 heteroatoms. The zero-order valence-corrected chi connectivity index (χ0v) is 11.7. The summed E-state index contributed by atoms with van der Waals surface area (Å²) in [4.78, 5) is 0. The third kappa shape index (κ3) is 2.87. The van der Waals surface area contributed by atoms with Crippen LogP contribution >= 0.6 is 0 Å². The summed E-state index contributed by atoms with van der Waals surface area (Å²) in [6, 6.07) is 9.93. The quantitative estimate of drug-likeness (QED) is 0.904. The fourth-order valence-electron chi connectivity index (χ4n) is 2.66. The molecule has 0 bridgehead atoms. The number of aliphatic hydroxyl groups excluding tert-OH is 1. The van der Waals surface area contributed by atoms with Crippen LogP contribution in [0.3, 0.4) is 0 Å². The number of benzene rings is 1. The topological polar surface area (TPSA) is 57.2 Å². The highest BCUT2D eigenvalue weighted by atomic mass is 16.8. The highest BCUT2D eigenvalue weighted by Crippen LogP contribution is 2.37. The molecule has 0 saturated carbocycles. The number of hydrogen-bond donors (Lipinski definition) is 1. The normalized spacial score (nSPS) is 35.1. The molecule has 20 heavy (non-hydrogen) atoms. The zero-order valence-electron chi connectivity index (χ0n) is 11.7. The van der Waals surface area contributed by atoms with Crippen LogP contribution in [-0.4, -0.2) is 42.1 Å². The molecule has 2 aliphatic heterocycles. The van der Waals surface area contributed by atoms with Crippen LogP contribution in [0.1, 0.15) is 19.4 Å². The molecule has 0 amide bonds. The molecule has 4 atom stereocenters. The van der Waals surface area contributed by atoms with E-state index in [0.717, 1.165) is 5.56 Å². The molecule has 1 aromatic rings. The Hall–Kier alpha value is -0.980. The maximum absolute atomic E-state index is 9.84. The molecule has 0 radical (unpaired) electrons. The van der Waals surface area contributed by atoms with Gasteiger partial charge in [-0.25, -0.2) is 0 Å². The van der Waals surface area contributed by atoms with Gasteiger partial charge in [0.25, 0.3) is 0 Å². The van der Waals surface area contributed by atoms with E-state index in [-0.39, 0.29) is 12.2 Å². The summed E-state index contributed by atoms with van der Waals surface area (Å²) < 4.78 is 22.5. The maximum Gasteiger partial charge on any atom is 0.184 e. The lowest BCUT2D eigenvalue weighted by molar-refractivity contribution is -0.225. The van der Waals surface area contributed by atoms with Crippen molar-refractivity contribution in [3.8, 4) is 0 Å². The van der Waals surface area contributed by atoms with E-state index < -0.39 is 18.2 Å². The molecular weight excluding hydrogens is 260 g/mol. The average Bonchev–Trinajstić information content (AvgIpc) is 2.87. The fraction of sp³-hybridized carbons (Fsp3) is 0.600. The van der Waals surface area contributed by atoms with E-state index in [9.17, 15) is 5.11 Å². The first-order chi connectivity index (χ1) is 9.55. The Morgan fingerprint density at radius 1 is 1.15 bits per heavy atom. The second-order valence-corrected chi connectivity index (χ2v) is 5.63. The van der Waals surface area contributed by atoms with Crippen molar-refractivity contribution in [1.29, 1.82) is 0 Å². The SMILES string of the molecule is CC1(C)O[C@@H]2[C@H](O1)[C@@H](COCc1ccccc1)O[C@H]2O. The Morgan fingerprint density at radius 3 is 2.60 bits per heavy atom. The predicted octanol–water partition coefficient (Wildman–Crippen LogP) is 1.44. The summed E-state index contributed by atoms with van der Waals surface area (Å²) in [7, 11) is 0. The predicted molar refractivity (Wildman–Crippen MR) is 70.8 cm³/mol. The molecule has 0 aromatic heterocycles. The minimum Gasteiger partial charge on any atom is -0.374 e. The summed E-state index contributed by atoms with van der Waals surface area (Å²) >= 11 is 0. The summed E-state index contributed by atoms with van der Waals surface area (Å²) in [6.07, 6.45) is -1.97. The van der Waals surface area contributed by atoms with E-state index in [1.807, 2.05) is 44.2 Å². The molecule has 5 nitrogen and oxygen atoms in total. The molecule has 2 heterocycles. The van der Waals surface area contributed by atoms with Crippen molar-refractivity contribution in [1.82, 2.24) is 0 Å². The van der Waals surface area contributed by atoms with Crippen LogP contribution in [0.2, 0.25) is 0 Å². The number of fused-ring (bicyclic) bond motifs is 1. The molecule has 2 fully saturated rings. The van der Waals surface area contributed by atoms with Crippen LogP contribution in [0, 0.1) is 0 Å². The second kappa shape index (κ2) is 5.42. The molecule has 0 spiro atoms. The Kier molecular flexibility index (Phi) is 3.79. The summed E-state index contributed by atoms with van der Waals surface area (Å²) in [5.74, 6) is -0.683. The molecule has 3 rings (SSSR count). The lowest BCUT2D eigenvalue weighted by Gasteiger charge is -2.22. The fourth-order valence-corrected chi connectivity index (χ4v) is 2.66. The highest BCUT2D eigenvalue weighted by molar-refractivity contribution is 5.13. The largest absolute Gasteiger partial charge is 0.374 e. The van der Waals surface area contributed by atoms with Gasteiger partial charge in [0, 0.05) is 0 Å². The van der Waals surface area contributed by atoms with E-state index in [1.54, 1.807) is 0 Å². The van der Waals surface area contributed by atoms with Gasteiger partial charge in [0.15, 0.2) is 12.1 Å². The zero-order chi connectivity index (χ0) is 14.2. The van der Waals surface area contributed by atoms with Crippen LogP contribution in [0.15, 0.2) is 30.3 Å². The Bertz CT molecular complexity index is 447. The summed E-state index contributed by atoms with van der Waals surface area (Å²) in [5.41, 5.74) is 1.10. The summed E-state index contributed by atoms with van der Waals surface area (Å²) in [5, 5.41) is 9.84. The first-order valence-corrected chi connectivity index (χ1v) is 6.86. The molecule has 110 valence electrons.